The minimum Gasteiger partial charge on any atom is -0.382 e. The molecule has 3 aromatic heterocycles. The van der Waals surface area contributed by atoms with Crippen LogP contribution in [-0.4, -0.2) is 49.9 Å². The third-order valence-corrected chi connectivity index (χ3v) is 7.91. The number of aromatic amines is 1. The Morgan fingerprint density at radius 1 is 1.21 bits per heavy atom. The highest BCUT2D eigenvalue weighted by atomic mass is 32.2. The molecule has 0 saturated heterocycles. The summed E-state index contributed by atoms with van der Waals surface area (Å²) in [5, 5.41) is 10.1. The number of anilines is 3. The minimum absolute atomic E-state index is 0.00800. The number of alkyl halides is 2. The number of rotatable bonds is 5. The fourth-order valence-electron chi connectivity index (χ4n) is 4.99. The van der Waals surface area contributed by atoms with Crippen LogP contribution in [0.15, 0.2) is 52.3 Å². The molecule has 0 amide bonds. The SMILES string of the molecule is CS(=O)(=O)c1ccc(Nc2nc(N)c3c(n2)n(C2CCC(F)(F)C2)c(=O)n3-c2cccc3[nH]ncc23)c(F)c1. The quantitative estimate of drug-likeness (QED) is 0.295. The largest absolute Gasteiger partial charge is 0.382 e. The molecule has 1 aliphatic rings. The summed E-state index contributed by atoms with van der Waals surface area (Å²) in [4.78, 5) is 22.2. The van der Waals surface area contributed by atoms with Crippen LogP contribution in [0.25, 0.3) is 27.8 Å². The second kappa shape index (κ2) is 8.56. The number of hydrogen-bond donors (Lipinski definition) is 3. The number of benzene rings is 2. The van der Waals surface area contributed by atoms with Gasteiger partial charge in [0.1, 0.15) is 11.3 Å². The summed E-state index contributed by atoms with van der Waals surface area (Å²) in [6, 6.07) is 7.51. The predicted molar refractivity (Wildman–Crippen MR) is 138 cm³/mol. The summed E-state index contributed by atoms with van der Waals surface area (Å²) in [7, 11) is -3.64. The molecule has 0 aliphatic heterocycles. The van der Waals surface area contributed by atoms with Gasteiger partial charge in [-0.3, -0.25) is 14.2 Å². The van der Waals surface area contributed by atoms with Crippen molar-refractivity contribution in [3.8, 4) is 5.69 Å². The van der Waals surface area contributed by atoms with Crippen molar-refractivity contribution < 1.29 is 21.6 Å². The Kier molecular flexibility index (Phi) is 5.47. The van der Waals surface area contributed by atoms with Gasteiger partial charge in [0.15, 0.2) is 21.3 Å². The molecule has 15 heteroatoms. The van der Waals surface area contributed by atoms with E-state index in [4.69, 9.17) is 5.73 Å². The van der Waals surface area contributed by atoms with Gasteiger partial charge in [-0.1, -0.05) is 6.07 Å². The molecule has 1 unspecified atom stereocenters. The number of nitrogens with zero attached hydrogens (tertiary/aromatic N) is 5. The highest BCUT2D eigenvalue weighted by molar-refractivity contribution is 7.90. The van der Waals surface area contributed by atoms with E-state index in [1.807, 2.05) is 0 Å². The highest BCUT2D eigenvalue weighted by Crippen LogP contribution is 2.42. The van der Waals surface area contributed by atoms with Gasteiger partial charge in [-0.05, 0) is 36.8 Å². The first kappa shape index (κ1) is 24.9. The van der Waals surface area contributed by atoms with E-state index in [1.54, 1.807) is 18.2 Å². The zero-order chi connectivity index (χ0) is 27.7. The standard InChI is InChI=1S/C24H21F3N8O3S/c1-39(37,38)13-5-6-17(15(25)9-13)30-22-31-20(28)19-21(32-22)34(12-7-8-24(26,27)10-12)23(36)35(19)18-4-2-3-16-14(18)11-29-33-16/h2-6,9,11-12H,7-8,10H2,1H3,(H,29,33)(H3,28,30,31,32). The fraction of sp³-hybridized carbons (Fsp3) is 0.250. The molecule has 0 radical (unpaired) electrons. The van der Waals surface area contributed by atoms with Crippen molar-refractivity contribution in [1.29, 1.82) is 0 Å². The van der Waals surface area contributed by atoms with E-state index < -0.39 is 46.2 Å². The molecule has 0 spiro atoms. The van der Waals surface area contributed by atoms with Crippen molar-refractivity contribution in [2.75, 3.05) is 17.3 Å². The van der Waals surface area contributed by atoms with Crippen LogP contribution in [0.5, 0.6) is 0 Å². The molecule has 1 atom stereocenters. The van der Waals surface area contributed by atoms with Crippen LogP contribution in [-0.2, 0) is 9.84 Å². The van der Waals surface area contributed by atoms with Crippen molar-refractivity contribution in [2.45, 2.75) is 36.1 Å². The monoisotopic (exact) mass is 558 g/mol. The summed E-state index contributed by atoms with van der Waals surface area (Å²) < 4.78 is 69.1. The Morgan fingerprint density at radius 2 is 2.00 bits per heavy atom. The van der Waals surface area contributed by atoms with Crippen LogP contribution in [0.2, 0.25) is 0 Å². The normalized spacial score (nSPS) is 17.3. The Labute approximate surface area is 218 Å². The molecule has 1 fully saturated rings. The van der Waals surface area contributed by atoms with Gasteiger partial charge in [-0.15, -0.1) is 0 Å². The van der Waals surface area contributed by atoms with Crippen molar-refractivity contribution in [3.63, 3.8) is 0 Å². The van der Waals surface area contributed by atoms with Gasteiger partial charge in [-0.2, -0.15) is 15.1 Å². The van der Waals surface area contributed by atoms with E-state index in [0.29, 0.717) is 16.6 Å². The number of aromatic nitrogens is 6. The Bertz CT molecular complexity index is 1950. The average molecular weight is 559 g/mol. The Hall–Kier alpha value is -4.40. The maximum Gasteiger partial charge on any atom is 0.335 e. The van der Waals surface area contributed by atoms with E-state index in [0.717, 1.165) is 12.3 Å². The maximum atomic E-state index is 14.7. The number of nitrogen functional groups attached to an aromatic ring is 1. The van der Waals surface area contributed by atoms with E-state index in [1.165, 1.54) is 27.5 Å². The molecular formula is C24H21F3N8O3S. The van der Waals surface area contributed by atoms with Gasteiger partial charge in [0.2, 0.25) is 11.9 Å². The van der Waals surface area contributed by atoms with Crippen molar-refractivity contribution in [3.05, 3.63) is 58.9 Å². The summed E-state index contributed by atoms with van der Waals surface area (Å²) >= 11 is 0. The molecule has 202 valence electrons. The zero-order valence-electron chi connectivity index (χ0n) is 20.3. The van der Waals surface area contributed by atoms with Crippen molar-refractivity contribution >= 4 is 49.4 Å². The van der Waals surface area contributed by atoms with Crippen LogP contribution in [0.1, 0.15) is 25.3 Å². The van der Waals surface area contributed by atoms with E-state index in [-0.39, 0.29) is 39.9 Å². The predicted octanol–water partition coefficient (Wildman–Crippen LogP) is 3.69. The zero-order valence-corrected chi connectivity index (χ0v) is 21.1. The molecule has 39 heavy (non-hydrogen) atoms. The third kappa shape index (κ3) is 4.18. The summed E-state index contributed by atoms with van der Waals surface area (Å²) in [6.45, 7) is 0. The number of H-pyrrole nitrogens is 1. The Balaban J connectivity index is 1.55. The smallest absolute Gasteiger partial charge is 0.335 e. The van der Waals surface area contributed by atoms with Crippen LogP contribution < -0.4 is 16.7 Å². The first-order valence-electron chi connectivity index (χ1n) is 11.8. The van der Waals surface area contributed by atoms with Gasteiger partial charge < -0.3 is 11.1 Å². The summed E-state index contributed by atoms with van der Waals surface area (Å²) in [6.07, 6.45) is 1.57. The fourth-order valence-corrected chi connectivity index (χ4v) is 5.62. The van der Waals surface area contributed by atoms with E-state index >= 15 is 0 Å². The second-order valence-electron chi connectivity index (χ2n) is 9.49. The lowest BCUT2D eigenvalue weighted by atomic mass is 10.2. The molecule has 5 aromatic rings. The lowest BCUT2D eigenvalue weighted by Crippen LogP contribution is -2.27. The summed E-state index contributed by atoms with van der Waals surface area (Å²) in [5.41, 5.74) is 6.66. The molecular weight excluding hydrogens is 537 g/mol. The average Bonchev–Trinajstić information content (AvgIpc) is 3.55. The lowest BCUT2D eigenvalue weighted by molar-refractivity contribution is 0.00565. The number of nitrogens with two attached hydrogens (primary N) is 1. The number of nitrogens with one attached hydrogen (secondary N) is 2. The number of hydrogen-bond acceptors (Lipinski definition) is 8. The first-order valence-corrected chi connectivity index (χ1v) is 13.7. The van der Waals surface area contributed by atoms with Crippen LogP contribution in [0.3, 0.4) is 0 Å². The van der Waals surface area contributed by atoms with Crippen LogP contribution in [0.4, 0.5) is 30.6 Å². The van der Waals surface area contributed by atoms with Crippen molar-refractivity contribution in [2.24, 2.45) is 0 Å². The number of sulfone groups is 1. The molecule has 3 heterocycles. The van der Waals surface area contributed by atoms with Crippen molar-refractivity contribution in [1.82, 2.24) is 29.3 Å². The first-order chi connectivity index (χ1) is 18.4. The van der Waals surface area contributed by atoms with Gasteiger partial charge in [-0.25, -0.2) is 26.4 Å². The van der Waals surface area contributed by atoms with Gasteiger partial charge in [0.05, 0.1) is 28.0 Å². The van der Waals surface area contributed by atoms with Gasteiger partial charge >= 0.3 is 5.69 Å². The maximum absolute atomic E-state index is 14.7. The number of fused-ring (bicyclic) bond motifs is 2. The number of halogens is 3. The molecule has 2 aromatic carbocycles. The second-order valence-corrected chi connectivity index (χ2v) is 11.5. The van der Waals surface area contributed by atoms with Gasteiger partial charge in [0.25, 0.3) is 0 Å². The minimum atomic E-state index is -3.64. The highest BCUT2D eigenvalue weighted by Gasteiger charge is 2.42. The topological polar surface area (TPSA) is 154 Å². The third-order valence-electron chi connectivity index (χ3n) is 6.80. The number of imidazole rings is 1. The molecule has 6 rings (SSSR count). The van der Waals surface area contributed by atoms with Crippen LogP contribution in [0, 0.1) is 5.82 Å². The molecule has 1 aliphatic carbocycles. The van der Waals surface area contributed by atoms with Crippen LogP contribution >= 0.6 is 0 Å². The molecule has 11 nitrogen and oxygen atoms in total. The molecule has 4 N–H and O–H groups in total. The summed E-state index contributed by atoms with van der Waals surface area (Å²) in [5.74, 6) is -4.20. The van der Waals surface area contributed by atoms with E-state index in [9.17, 15) is 26.4 Å². The van der Waals surface area contributed by atoms with E-state index in [2.05, 4.69) is 25.5 Å². The molecule has 0 bridgehead atoms. The van der Waals surface area contributed by atoms with Gasteiger partial charge in [0, 0.05) is 30.5 Å². The Morgan fingerprint density at radius 3 is 2.69 bits per heavy atom. The molecule has 1 saturated carbocycles. The lowest BCUT2D eigenvalue weighted by Gasteiger charge is -2.13.